The van der Waals surface area contributed by atoms with E-state index in [1.54, 1.807) is 6.08 Å². The number of hydrogen-bond acceptors (Lipinski definition) is 6. The second kappa shape index (κ2) is 52.4. The van der Waals surface area contributed by atoms with Crippen LogP contribution in [0.15, 0.2) is 122 Å². The number of unbranched alkanes of at least 4 members (excludes halogenated alkanes) is 15. The van der Waals surface area contributed by atoms with E-state index in [1.807, 2.05) is 6.08 Å². The monoisotopic (exact) mass is 899 g/mol. The lowest BCUT2D eigenvalue weighted by Crippen LogP contribution is -2.30. The van der Waals surface area contributed by atoms with Crippen molar-refractivity contribution < 1.29 is 28.6 Å². The van der Waals surface area contributed by atoms with E-state index in [1.165, 1.54) is 57.8 Å². The van der Waals surface area contributed by atoms with Gasteiger partial charge in [0.1, 0.15) is 13.2 Å². The highest BCUT2D eigenvalue weighted by atomic mass is 16.6. The lowest BCUT2D eigenvalue weighted by molar-refractivity contribution is -0.166. The zero-order chi connectivity index (χ0) is 47.2. The molecule has 0 aromatic rings. The number of rotatable bonds is 45. The van der Waals surface area contributed by atoms with Crippen LogP contribution in [0.25, 0.3) is 0 Å². The van der Waals surface area contributed by atoms with Crippen LogP contribution in [0.3, 0.4) is 0 Å². The Morgan fingerprint density at radius 3 is 1.02 bits per heavy atom. The number of ether oxygens (including phenoxy) is 3. The van der Waals surface area contributed by atoms with Crippen LogP contribution in [-0.2, 0) is 28.6 Å². The minimum atomic E-state index is -0.831. The van der Waals surface area contributed by atoms with E-state index in [0.717, 1.165) is 116 Å². The maximum atomic E-state index is 12.7. The summed E-state index contributed by atoms with van der Waals surface area (Å²) in [6.07, 6.45) is 72.6. The Morgan fingerprint density at radius 1 is 0.338 bits per heavy atom. The molecule has 0 radical (unpaired) electrons. The SMILES string of the molecule is CC/C=C\C/C=C\C/C=C\C/C=C\C/C=C\CCCCCCCCCCCCCC(=O)OCC(COC(=O)CCCCCCC)OC(=O)C/C=C\C/C=C\C/C=C\C/C=C\C/C=C\CC. The smallest absolute Gasteiger partial charge is 0.310 e. The van der Waals surface area contributed by atoms with Crippen LogP contribution in [0, 0.1) is 0 Å². The number of allylic oxidation sites excluding steroid dienone is 19. The molecule has 0 heterocycles. The molecule has 0 N–H and O–H groups in total. The van der Waals surface area contributed by atoms with Crippen molar-refractivity contribution in [3.05, 3.63) is 122 Å². The van der Waals surface area contributed by atoms with Crippen LogP contribution < -0.4 is 0 Å². The summed E-state index contributed by atoms with van der Waals surface area (Å²) >= 11 is 0. The molecule has 0 aliphatic carbocycles. The van der Waals surface area contributed by atoms with Gasteiger partial charge in [0.05, 0.1) is 6.42 Å². The highest BCUT2D eigenvalue weighted by Gasteiger charge is 2.19. The summed E-state index contributed by atoms with van der Waals surface area (Å²) in [6, 6.07) is 0. The molecule has 0 saturated carbocycles. The topological polar surface area (TPSA) is 78.9 Å². The van der Waals surface area contributed by atoms with Gasteiger partial charge in [0.2, 0.25) is 0 Å². The number of hydrogen-bond donors (Lipinski definition) is 0. The summed E-state index contributed by atoms with van der Waals surface area (Å²) in [4.78, 5) is 37.6. The Balaban J connectivity index is 4.19. The number of carbonyl (C=O) groups excluding carboxylic acids is 3. The van der Waals surface area contributed by atoms with Crippen LogP contribution in [0.2, 0.25) is 0 Å². The van der Waals surface area contributed by atoms with Crippen molar-refractivity contribution in [1.82, 2.24) is 0 Å². The average Bonchev–Trinajstić information content (AvgIpc) is 3.30. The Morgan fingerprint density at radius 2 is 0.646 bits per heavy atom. The van der Waals surface area contributed by atoms with Crippen LogP contribution in [-0.4, -0.2) is 37.2 Å². The minimum absolute atomic E-state index is 0.0930. The lowest BCUT2D eigenvalue weighted by Gasteiger charge is -2.18. The van der Waals surface area contributed by atoms with Gasteiger partial charge in [0.15, 0.2) is 6.10 Å². The highest BCUT2D eigenvalue weighted by molar-refractivity contribution is 5.72. The first-order valence-corrected chi connectivity index (χ1v) is 26.0. The van der Waals surface area contributed by atoms with Crippen molar-refractivity contribution in [2.75, 3.05) is 13.2 Å². The molecule has 6 nitrogen and oxygen atoms in total. The van der Waals surface area contributed by atoms with Gasteiger partial charge in [-0.25, -0.2) is 0 Å². The zero-order valence-corrected chi connectivity index (χ0v) is 41.7. The number of carbonyl (C=O) groups is 3. The Hall–Kier alpha value is -4.19. The molecule has 0 fully saturated rings. The van der Waals surface area contributed by atoms with Crippen molar-refractivity contribution in [1.29, 1.82) is 0 Å². The van der Waals surface area contributed by atoms with Crippen LogP contribution in [0.1, 0.15) is 213 Å². The molecule has 0 saturated heterocycles. The summed E-state index contributed by atoms with van der Waals surface area (Å²) in [5, 5.41) is 0. The van der Waals surface area contributed by atoms with Gasteiger partial charge >= 0.3 is 17.9 Å². The van der Waals surface area contributed by atoms with E-state index in [4.69, 9.17) is 14.2 Å². The molecule has 0 aliphatic rings. The quantitative estimate of drug-likeness (QED) is 0.0262. The average molecular weight is 899 g/mol. The second-order valence-corrected chi connectivity index (χ2v) is 16.7. The molecule has 0 aromatic carbocycles. The van der Waals surface area contributed by atoms with Crippen LogP contribution in [0.4, 0.5) is 0 Å². The molecule has 366 valence electrons. The molecule has 0 aliphatic heterocycles. The predicted octanol–water partition coefficient (Wildman–Crippen LogP) is 17.3. The molecule has 0 amide bonds. The third kappa shape index (κ3) is 50.7. The molecule has 0 bridgehead atoms. The van der Waals surface area contributed by atoms with E-state index < -0.39 is 12.1 Å². The summed E-state index contributed by atoms with van der Waals surface area (Å²) in [5.74, 6) is -1.08. The Bertz CT molecular complexity index is 1400. The molecule has 0 spiro atoms. The van der Waals surface area contributed by atoms with Crippen molar-refractivity contribution in [2.45, 2.75) is 219 Å². The molecule has 0 rings (SSSR count). The van der Waals surface area contributed by atoms with E-state index in [-0.39, 0.29) is 31.6 Å². The van der Waals surface area contributed by atoms with Crippen molar-refractivity contribution in [3.63, 3.8) is 0 Å². The molecular formula is C59H94O6. The van der Waals surface area contributed by atoms with Gasteiger partial charge in [-0.3, -0.25) is 14.4 Å². The zero-order valence-electron chi connectivity index (χ0n) is 41.7. The van der Waals surface area contributed by atoms with Gasteiger partial charge in [-0.15, -0.1) is 0 Å². The van der Waals surface area contributed by atoms with E-state index in [9.17, 15) is 14.4 Å². The summed E-state index contributed by atoms with van der Waals surface area (Å²) in [7, 11) is 0. The van der Waals surface area contributed by atoms with Crippen molar-refractivity contribution >= 4 is 17.9 Å². The summed E-state index contributed by atoms with van der Waals surface area (Å²) < 4.78 is 16.5. The van der Waals surface area contributed by atoms with Gasteiger partial charge in [-0.05, 0) is 89.9 Å². The molecule has 1 atom stereocenters. The molecule has 65 heavy (non-hydrogen) atoms. The predicted molar refractivity (Wildman–Crippen MR) is 279 cm³/mol. The van der Waals surface area contributed by atoms with E-state index >= 15 is 0 Å². The van der Waals surface area contributed by atoms with Gasteiger partial charge in [0.25, 0.3) is 0 Å². The maximum absolute atomic E-state index is 12.7. The largest absolute Gasteiger partial charge is 0.462 e. The van der Waals surface area contributed by atoms with Gasteiger partial charge in [-0.1, -0.05) is 226 Å². The fraction of sp³-hybridized carbons (Fsp3) is 0.610. The van der Waals surface area contributed by atoms with E-state index in [0.29, 0.717) is 12.8 Å². The third-order valence-corrected chi connectivity index (χ3v) is 10.5. The highest BCUT2D eigenvalue weighted by Crippen LogP contribution is 2.14. The minimum Gasteiger partial charge on any atom is -0.462 e. The summed E-state index contributed by atoms with van der Waals surface area (Å²) in [5.41, 5.74) is 0. The molecule has 1 unspecified atom stereocenters. The fourth-order valence-corrected chi connectivity index (χ4v) is 6.66. The molecular weight excluding hydrogens is 805 g/mol. The fourth-order valence-electron chi connectivity index (χ4n) is 6.66. The first kappa shape index (κ1) is 60.8. The van der Waals surface area contributed by atoms with Crippen molar-refractivity contribution in [3.8, 4) is 0 Å². The second-order valence-electron chi connectivity index (χ2n) is 16.7. The van der Waals surface area contributed by atoms with Gasteiger partial charge in [-0.2, -0.15) is 0 Å². The van der Waals surface area contributed by atoms with Crippen LogP contribution in [0.5, 0.6) is 0 Å². The first-order chi connectivity index (χ1) is 32.0. The van der Waals surface area contributed by atoms with Gasteiger partial charge in [0, 0.05) is 12.8 Å². The molecule has 0 aromatic heterocycles. The first-order valence-electron chi connectivity index (χ1n) is 26.0. The Kier molecular flexibility index (Phi) is 49.1. The normalized spacial score (nSPS) is 13.1. The maximum Gasteiger partial charge on any atom is 0.310 e. The van der Waals surface area contributed by atoms with Crippen LogP contribution >= 0.6 is 0 Å². The van der Waals surface area contributed by atoms with Gasteiger partial charge < -0.3 is 14.2 Å². The van der Waals surface area contributed by atoms with E-state index in [2.05, 4.69) is 130 Å². The standard InChI is InChI=1S/C59H94O6/c1-4-7-10-13-15-17-19-21-23-24-25-26-27-28-29-30-31-32-33-34-36-37-39-41-43-46-49-52-58(61)64-55-56(54-63-57(60)51-48-45-12-9-6-3)65-59(62)53-50-47-44-42-40-38-35-22-20-18-16-14-11-8-5-2/h7-8,10-11,15-18,21-23,25-26,28-29,35,40,42,47,50,56H,4-6,9,12-14,19-20,24,27,30-34,36-39,41,43-46,48-49,51-55H2,1-3H3/b10-7-,11-8-,17-15-,18-16-,23-21-,26-25-,29-28-,35-22-,42-40-,50-47-. The third-order valence-electron chi connectivity index (χ3n) is 10.5. The van der Waals surface area contributed by atoms with Crippen molar-refractivity contribution in [2.24, 2.45) is 0 Å². The lowest BCUT2D eigenvalue weighted by atomic mass is 10.0. The Labute approximate surface area is 399 Å². The number of esters is 3. The summed E-state index contributed by atoms with van der Waals surface area (Å²) in [6.45, 7) is 6.22. The molecule has 6 heteroatoms.